The van der Waals surface area contributed by atoms with Gasteiger partial charge in [-0.2, -0.15) is 0 Å². The quantitative estimate of drug-likeness (QED) is 0.727. The van der Waals surface area contributed by atoms with Crippen molar-refractivity contribution in [1.82, 2.24) is 9.97 Å². The molecule has 1 rings (SSSR count). The number of aromatic nitrogens is 2. The zero-order valence-corrected chi connectivity index (χ0v) is 9.74. The van der Waals surface area contributed by atoms with Crippen LogP contribution < -0.4 is 11.1 Å². The second-order valence-corrected chi connectivity index (χ2v) is 4.06. The van der Waals surface area contributed by atoms with Gasteiger partial charge in [-0.15, -0.1) is 0 Å². The van der Waals surface area contributed by atoms with Crippen molar-refractivity contribution in [3.63, 3.8) is 0 Å². The van der Waals surface area contributed by atoms with Crippen molar-refractivity contribution in [3.8, 4) is 0 Å². The van der Waals surface area contributed by atoms with Crippen LogP contribution >= 0.6 is 0 Å². The van der Waals surface area contributed by atoms with E-state index < -0.39 is 19.1 Å². The molecule has 0 saturated heterocycles. The molecule has 0 aliphatic carbocycles. The molecule has 0 unspecified atom stereocenters. The van der Waals surface area contributed by atoms with Gasteiger partial charge in [0.15, 0.2) is 0 Å². The van der Waals surface area contributed by atoms with Crippen LogP contribution in [0.1, 0.15) is 25.6 Å². The van der Waals surface area contributed by atoms with Crippen LogP contribution in [0.5, 0.6) is 0 Å². The summed E-state index contributed by atoms with van der Waals surface area (Å²) in [4.78, 5) is 8.04. The number of anilines is 2. The molecule has 0 aliphatic rings. The van der Waals surface area contributed by atoms with Gasteiger partial charge in [0.1, 0.15) is 24.1 Å². The third kappa shape index (κ3) is 4.10. The van der Waals surface area contributed by atoms with E-state index in [9.17, 15) is 8.78 Å². The highest BCUT2D eigenvalue weighted by molar-refractivity contribution is 5.45. The molecule has 17 heavy (non-hydrogen) atoms. The molecule has 7 heteroatoms. The molecule has 0 atom stereocenters. The van der Waals surface area contributed by atoms with Crippen molar-refractivity contribution in [1.29, 1.82) is 0 Å². The Kier molecular flexibility index (Phi) is 4.17. The predicted octanol–water partition coefficient (Wildman–Crippen LogP) is 1.22. The summed E-state index contributed by atoms with van der Waals surface area (Å²) in [6.45, 7) is 1.84. The van der Waals surface area contributed by atoms with Gasteiger partial charge in [-0.25, -0.2) is 18.7 Å². The van der Waals surface area contributed by atoms with Crippen LogP contribution in [0, 0.1) is 0 Å². The number of nitrogen functional groups attached to an aromatic ring is 1. The van der Waals surface area contributed by atoms with Crippen LogP contribution in [0.25, 0.3) is 0 Å². The van der Waals surface area contributed by atoms with Crippen molar-refractivity contribution in [2.75, 3.05) is 24.2 Å². The average Bonchev–Trinajstić information content (AvgIpc) is 2.26. The predicted molar refractivity (Wildman–Crippen MR) is 61.1 cm³/mol. The molecule has 5 nitrogen and oxygen atoms in total. The number of alkyl halides is 2. The first kappa shape index (κ1) is 13.6. The molecule has 0 spiro atoms. The highest BCUT2D eigenvalue weighted by atomic mass is 19.3. The van der Waals surface area contributed by atoms with Gasteiger partial charge in [-0.1, -0.05) is 13.8 Å². The first-order valence-corrected chi connectivity index (χ1v) is 5.21. The first-order valence-electron chi connectivity index (χ1n) is 5.21. The zero-order chi connectivity index (χ0) is 13.1. The molecule has 1 heterocycles. The lowest BCUT2D eigenvalue weighted by Crippen LogP contribution is -2.31. The van der Waals surface area contributed by atoms with E-state index >= 15 is 0 Å². The number of nitrogens with zero attached hydrogens (tertiary/aromatic N) is 2. The minimum absolute atomic E-state index is 0.0532. The highest BCUT2D eigenvalue weighted by Gasteiger charge is 2.27. The maximum atomic E-state index is 12.8. The smallest absolute Gasteiger partial charge is 0.287 e. The van der Waals surface area contributed by atoms with E-state index in [1.54, 1.807) is 0 Å². The summed E-state index contributed by atoms with van der Waals surface area (Å²) in [5.74, 6) is -2.19. The molecule has 0 amide bonds. The zero-order valence-electron chi connectivity index (χ0n) is 9.74. The number of hydrogen-bond acceptors (Lipinski definition) is 5. The largest absolute Gasteiger partial charge is 0.390 e. The van der Waals surface area contributed by atoms with E-state index in [0.29, 0.717) is 5.82 Å². The molecule has 0 fully saturated rings. The molecule has 96 valence electrons. The van der Waals surface area contributed by atoms with Crippen molar-refractivity contribution in [2.45, 2.75) is 25.7 Å². The lowest BCUT2D eigenvalue weighted by atomic mass is 10.2. The van der Waals surface area contributed by atoms with Gasteiger partial charge in [0.25, 0.3) is 5.92 Å². The Hall–Kier alpha value is -1.50. The third-order valence-corrected chi connectivity index (χ3v) is 2.04. The van der Waals surface area contributed by atoms with E-state index in [0.717, 1.165) is 0 Å². The van der Waals surface area contributed by atoms with Gasteiger partial charge < -0.3 is 16.2 Å². The lowest BCUT2D eigenvalue weighted by Gasteiger charge is -2.15. The first-order chi connectivity index (χ1) is 7.84. The summed E-state index contributed by atoms with van der Waals surface area (Å²) in [5, 5.41) is 10.9. The number of halogens is 2. The molecule has 0 radical (unpaired) electrons. The van der Waals surface area contributed by atoms with Crippen molar-refractivity contribution >= 4 is 11.6 Å². The van der Waals surface area contributed by atoms with Gasteiger partial charge >= 0.3 is 0 Å². The summed E-state index contributed by atoms with van der Waals surface area (Å²) < 4.78 is 25.6. The highest BCUT2D eigenvalue weighted by Crippen LogP contribution is 2.17. The van der Waals surface area contributed by atoms with Gasteiger partial charge in [0, 0.05) is 12.0 Å². The molecular weight excluding hydrogens is 230 g/mol. The summed E-state index contributed by atoms with van der Waals surface area (Å²) >= 11 is 0. The van der Waals surface area contributed by atoms with Gasteiger partial charge in [0.05, 0.1) is 6.54 Å². The fourth-order valence-electron chi connectivity index (χ4n) is 1.11. The van der Waals surface area contributed by atoms with Gasteiger partial charge in [-0.3, -0.25) is 0 Å². The summed E-state index contributed by atoms with van der Waals surface area (Å²) in [5.41, 5.74) is 5.54. The van der Waals surface area contributed by atoms with Gasteiger partial charge in [-0.05, 0) is 0 Å². The average molecular weight is 246 g/mol. The van der Waals surface area contributed by atoms with Crippen molar-refractivity contribution in [3.05, 3.63) is 11.9 Å². The molecule has 1 aromatic rings. The number of nitrogens with two attached hydrogens (primary N) is 1. The second-order valence-electron chi connectivity index (χ2n) is 4.06. The Balaban J connectivity index is 2.78. The molecule has 0 saturated carbocycles. The van der Waals surface area contributed by atoms with Crippen LogP contribution in [-0.4, -0.2) is 34.1 Å². The van der Waals surface area contributed by atoms with E-state index in [4.69, 9.17) is 10.8 Å². The van der Waals surface area contributed by atoms with E-state index in [1.165, 1.54) is 6.07 Å². The fourth-order valence-corrected chi connectivity index (χ4v) is 1.11. The molecule has 4 N–H and O–H groups in total. The van der Waals surface area contributed by atoms with E-state index in [2.05, 4.69) is 15.3 Å². The summed E-state index contributed by atoms with van der Waals surface area (Å²) in [7, 11) is 0. The number of nitrogens with one attached hydrogen (secondary N) is 1. The van der Waals surface area contributed by atoms with Crippen molar-refractivity contribution < 1.29 is 13.9 Å². The minimum atomic E-state index is -3.18. The minimum Gasteiger partial charge on any atom is -0.390 e. The SMILES string of the molecule is CC(C)c1nc(N)cc(NCC(F)(F)CO)n1. The Morgan fingerprint density at radius 3 is 2.65 bits per heavy atom. The van der Waals surface area contributed by atoms with Crippen LogP contribution in [0.15, 0.2) is 6.07 Å². The number of aliphatic hydroxyl groups excluding tert-OH is 1. The molecular formula is C10H16F2N4O. The van der Waals surface area contributed by atoms with Crippen LogP contribution in [0.3, 0.4) is 0 Å². The lowest BCUT2D eigenvalue weighted by molar-refractivity contribution is -0.0373. The van der Waals surface area contributed by atoms with E-state index in [1.807, 2.05) is 13.8 Å². The summed E-state index contributed by atoms with van der Waals surface area (Å²) in [6, 6.07) is 1.37. The second kappa shape index (κ2) is 5.22. The van der Waals surface area contributed by atoms with Gasteiger partial charge in [0.2, 0.25) is 0 Å². The Bertz CT molecular complexity index is 385. The number of hydrogen-bond donors (Lipinski definition) is 3. The van der Waals surface area contributed by atoms with Crippen LogP contribution in [0.4, 0.5) is 20.4 Å². The monoisotopic (exact) mass is 246 g/mol. The maximum absolute atomic E-state index is 12.8. The molecule has 0 bridgehead atoms. The fraction of sp³-hybridized carbons (Fsp3) is 0.600. The Morgan fingerprint density at radius 2 is 2.12 bits per heavy atom. The Labute approximate surface area is 98.1 Å². The topological polar surface area (TPSA) is 84.1 Å². The molecule has 0 aliphatic heterocycles. The third-order valence-electron chi connectivity index (χ3n) is 2.04. The summed E-state index contributed by atoms with van der Waals surface area (Å²) in [6.07, 6.45) is 0. The van der Waals surface area contributed by atoms with E-state index in [-0.39, 0.29) is 17.6 Å². The Morgan fingerprint density at radius 1 is 1.47 bits per heavy atom. The number of aliphatic hydroxyl groups is 1. The molecule has 1 aromatic heterocycles. The maximum Gasteiger partial charge on any atom is 0.287 e. The normalized spacial score (nSPS) is 11.9. The van der Waals surface area contributed by atoms with Crippen LogP contribution in [-0.2, 0) is 0 Å². The molecule has 0 aromatic carbocycles. The number of rotatable bonds is 5. The van der Waals surface area contributed by atoms with Crippen LogP contribution in [0.2, 0.25) is 0 Å². The van der Waals surface area contributed by atoms with Crippen molar-refractivity contribution in [2.24, 2.45) is 0 Å². The standard InChI is InChI=1S/C10H16F2N4O/c1-6(2)9-15-7(13)3-8(16-9)14-4-10(11,12)5-17/h3,6,17H,4-5H2,1-2H3,(H3,13,14,15,16).